The quantitative estimate of drug-likeness (QED) is 0.305. The van der Waals surface area contributed by atoms with E-state index in [1.807, 2.05) is 23.5 Å². The second-order valence-electron chi connectivity index (χ2n) is 7.54. The Morgan fingerprint density at radius 3 is 2.52 bits per heavy atom. The number of aliphatic imine (C=N–C) groups is 1. The van der Waals surface area contributed by atoms with Gasteiger partial charge in [0.25, 0.3) is 6.02 Å². The molecule has 2 aromatic heterocycles. The van der Waals surface area contributed by atoms with E-state index >= 15 is 0 Å². The molecule has 138 valence electrons. The second-order valence-corrected chi connectivity index (χ2v) is 8.62. The predicted molar refractivity (Wildman–Crippen MR) is 122 cm³/mol. The number of hydrogen-bond acceptors (Lipinski definition) is 3. The monoisotopic (exact) mass is 392 g/mol. The molecule has 2 aliphatic rings. The first-order valence-electron chi connectivity index (χ1n) is 9.82. The molecule has 0 radical (unpaired) electrons. The van der Waals surface area contributed by atoms with Crippen molar-refractivity contribution in [1.82, 2.24) is 4.57 Å². The highest BCUT2D eigenvalue weighted by atomic mass is 32.1. The lowest BCUT2D eigenvalue weighted by atomic mass is 10.1. The van der Waals surface area contributed by atoms with E-state index in [1.54, 1.807) is 0 Å². The Morgan fingerprint density at radius 2 is 1.59 bits per heavy atom. The molecule has 2 unspecified atom stereocenters. The third-order valence-corrected chi connectivity index (χ3v) is 7.06. The van der Waals surface area contributed by atoms with Crippen molar-refractivity contribution in [2.45, 2.75) is 12.1 Å². The number of benzene rings is 3. The van der Waals surface area contributed by atoms with Crippen LogP contribution in [0.4, 0.5) is 0 Å². The zero-order valence-electron chi connectivity index (χ0n) is 15.4. The standard InChI is InChI=1S/C25H16N2OS/c1-4-10-18-15(7-1)23-19(27(18)25-26-17-9-3-5-11-20(17)28-25)13-14-22-24(23)16-8-2-6-12-21(16)29-22/h1-14,17,20H. The van der Waals surface area contributed by atoms with Crippen molar-refractivity contribution in [2.75, 3.05) is 0 Å². The molecule has 3 aromatic carbocycles. The van der Waals surface area contributed by atoms with E-state index in [9.17, 15) is 0 Å². The van der Waals surface area contributed by atoms with Crippen molar-refractivity contribution in [3.8, 4) is 0 Å². The summed E-state index contributed by atoms with van der Waals surface area (Å²) in [6, 6.07) is 22.4. The lowest BCUT2D eigenvalue weighted by Crippen LogP contribution is -2.21. The van der Waals surface area contributed by atoms with E-state index in [2.05, 4.69) is 77.4 Å². The number of para-hydroxylation sites is 1. The molecule has 0 saturated heterocycles. The molecule has 3 nitrogen and oxygen atoms in total. The topological polar surface area (TPSA) is 26.5 Å². The van der Waals surface area contributed by atoms with Gasteiger partial charge in [0.1, 0.15) is 12.1 Å². The highest BCUT2D eigenvalue weighted by Crippen LogP contribution is 2.42. The van der Waals surface area contributed by atoms with Crippen molar-refractivity contribution in [2.24, 2.45) is 4.99 Å². The van der Waals surface area contributed by atoms with Gasteiger partial charge in [-0.3, -0.25) is 4.57 Å². The van der Waals surface area contributed by atoms with E-state index in [0.29, 0.717) is 6.02 Å². The van der Waals surface area contributed by atoms with Crippen LogP contribution in [-0.2, 0) is 4.74 Å². The Kier molecular flexibility index (Phi) is 2.99. The number of allylic oxidation sites excluding steroid dienone is 2. The third-order valence-electron chi connectivity index (χ3n) is 5.93. The molecule has 5 aromatic rings. The molecule has 29 heavy (non-hydrogen) atoms. The van der Waals surface area contributed by atoms with E-state index in [1.165, 1.54) is 30.9 Å². The third kappa shape index (κ3) is 2.04. The summed E-state index contributed by atoms with van der Waals surface area (Å²) in [5.41, 5.74) is 2.28. The lowest BCUT2D eigenvalue weighted by Gasteiger charge is -2.13. The predicted octanol–water partition coefficient (Wildman–Crippen LogP) is 6.26. The van der Waals surface area contributed by atoms with Crippen LogP contribution in [0.15, 0.2) is 90.0 Å². The fraction of sp³-hybridized carbons (Fsp3) is 0.0800. The maximum atomic E-state index is 6.28. The molecule has 0 saturated carbocycles. The van der Waals surface area contributed by atoms with E-state index < -0.39 is 0 Å². The molecule has 7 rings (SSSR count). The number of fused-ring (bicyclic) bond motifs is 8. The summed E-state index contributed by atoms with van der Waals surface area (Å²) in [7, 11) is 0. The lowest BCUT2D eigenvalue weighted by molar-refractivity contribution is 0.247. The number of rotatable bonds is 0. The van der Waals surface area contributed by atoms with Crippen molar-refractivity contribution < 1.29 is 4.74 Å². The van der Waals surface area contributed by atoms with Gasteiger partial charge in [-0.05, 0) is 30.3 Å². The Balaban J connectivity index is 1.63. The van der Waals surface area contributed by atoms with Crippen LogP contribution in [0, 0.1) is 0 Å². The first-order chi connectivity index (χ1) is 14.4. The summed E-state index contributed by atoms with van der Waals surface area (Å²) >= 11 is 1.85. The molecular formula is C25H16N2OS. The zero-order chi connectivity index (χ0) is 18.9. The summed E-state index contributed by atoms with van der Waals surface area (Å²) in [5, 5.41) is 5.16. The maximum Gasteiger partial charge on any atom is 0.298 e. The van der Waals surface area contributed by atoms with Gasteiger partial charge in [-0.1, -0.05) is 54.6 Å². The van der Waals surface area contributed by atoms with Crippen LogP contribution >= 0.6 is 11.3 Å². The Labute approximate surface area is 170 Å². The average Bonchev–Trinajstić information content (AvgIpc) is 3.44. The molecule has 0 N–H and O–H groups in total. The van der Waals surface area contributed by atoms with E-state index in [4.69, 9.17) is 9.73 Å². The second kappa shape index (κ2) is 5.58. The normalized spacial score (nSPS) is 20.6. The number of aromatic nitrogens is 1. The fourth-order valence-corrected chi connectivity index (χ4v) is 5.78. The highest BCUT2D eigenvalue weighted by molar-refractivity contribution is 7.26. The SMILES string of the molecule is C1=CC2N=C(n3c4ccccc4c4c5c(ccc43)sc3ccccc35)OC2C=C1. The summed E-state index contributed by atoms with van der Waals surface area (Å²) in [4.78, 5) is 4.90. The maximum absolute atomic E-state index is 6.28. The molecule has 4 heteroatoms. The van der Waals surface area contributed by atoms with Crippen LogP contribution in [0.2, 0.25) is 0 Å². The van der Waals surface area contributed by atoms with Gasteiger partial charge in [0.2, 0.25) is 0 Å². The van der Waals surface area contributed by atoms with Crippen LogP contribution < -0.4 is 0 Å². The first-order valence-corrected chi connectivity index (χ1v) is 10.6. The summed E-state index contributed by atoms with van der Waals surface area (Å²) in [6.07, 6.45) is 8.25. The van der Waals surface area contributed by atoms with Gasteiger partial charge in [0, 0.05) is 30.9 Å². The number of ether oxygens (including phenoxy) is 1. The van der Waals surface area contributed by atoms with Crippen molar-refractivity contribution in [1.29, 1.82) is 0 Å². The summed E-state index contributed by atoms with van der Waals surface area (Å²) in [6.45, 7) is 0. The molecular weight excluding hydrogens is 376 g/mol. The molecule has 0 bridgehead atoms. The Morgan fingerprint density at radius 1 is 0.759 bits per heavy atom. The van der Waals surface area contributed by atoms with Crippen molar-refractivity contribution >= 4 is 59.3 Å². The molecule has 1 aliphatic carbocycles. The van der Waals surface area contributed by atoms with Gasteiger partial charge in [-0.25, -0.2) is 4.99 Å². The highest BCUT2D eigenvalue weighted by Gasteiger charge is 2.31. The van der Waals surface area contributed by atoms with Gasteiger partial charge >= 0.3 is 0 Å². The van der Waals surface area contributed by atoms with Gasteiger partial charge in [0.15, 0.2) is 0 Å². The summed E-state index contributed by atoms with van der Waals surface area (Å²) in [5.74, 6) is 0. The van der Waals surface area contributed by atoms with Crippen LogP contribution in [-0.4, -0.2) is 22.7 Å². The van der Waals surface area contributed by atoms with Crippen LogP contribution in [0.3, 0.4) is 0 Å². The molecule has 0 fully saturated rings. The molecule has 3 heterocycles. The van der Waals surface area contributed by atoms with Gasteiger partial charge in [0.05, 0.1) is 11.0 Å². The summed E-state index contributed by atoms with van der Waals surface area (Å²) < 4.78 is 11.1. The van der Waals surface area contributed by atoms with Crippen LogP contribution in [0.25, 0.3) is 42.0 Å². The largest absolute Gasteiger partial charge is 0.454 e. The minimum atomic E-state index is -0.0167. The zero-order valence-corrected chi connectivity index (χ0v) is 16.3. The van der Waals surface area contributed by atoms with Gasteiger partial charge in [-0.15, -0.1) is 11.3 Å². The Hall–Kier alpha value is -3.37. The average molecular weight is 392 g/mol. The molecule has 0 amide bonds. The number of nitrogens with zero attached hydrogens (tertiary/aromatic N) is 2. The van der Waals surface area contributed by atoms with Crippen LogP contribution in [0.5, 0.6) is 0 Å². The fourth-order valence-electron chi connectivity index (χ4n) is 4.67. The Bertz CT molecular complexity index is 1550. The molecule has 0 spiro atoms. The first kappa shape index (κ1) is 15.5. The molecule has 2 atom stereocenters. The molecule has 1 aliphatic heterocycles. The van der Waals surface area contributed by atoms with E-state index in [-0.39, 0.29) is 12.1 Å². The van der Waals surface area contributed by atoms with Crippen molar-refractivity contribution in [3.05, 3.63) is 85.0 Å². The smallest absolute Gasteiger partial charge is 0.298 e. The van der Waals surface area contributed by atoms with E-state index in [0.717, 1.165) is 11.0 Å². The number of hydrogen-bond donors (Lipinski definition) is 0. The number of thiophene rings is 1. The minimum Gasteiger partial charge on any atom is -0.454 e. The van der Waals surface area contributed by atoms with Crippen LogP contribution in [0.1, 0.15) is 0 Å². The van der Waals surface area contributed by atoms with Gasteiger partial charge < -0.3 is 4.74 Å². The van der Waals surface area contributed by atoms with Gasteiger partial charge in [-0.2, -0.15) is 0 Å². The van der Waals surface area contributed by atoms with Crippen molar-refractivity contribution in [3.63, 3.8) is 0 Å². The minimum absolute atomic E-state index is 0.0167.